The van der Waals surface area contributed by atoms with Crippen LogP contribution in [-0.2, 0) is 19.1 Å². The lowest BCUT2D eigenvalue weighted by Crippen LogP contribution is -2.40. The number of benzene rings is 1. The number of amides is 2. The summed E-state index contributed by atoms with van der Waals surface area (Å²) in [5, 5.41) is 11.1. The first-order chi connectivity index (χ1) is 13.9. The molecule has 2 aromatic rings. The summed E-state index contributed by atoms with van der Waals surface area (Å²) in [6.07, 6.45) is -0.294. The molecule has 9 nitrogen and oxygen atoms in total. The van der Waals surface area contributed by atoms with Gasteiger partial charge in [0.1, 0.15) is 15.9 Å². The number of thiophene rings is 1. The van der Waals surface area contributed by atoms with Crippen LogP contribution in [0.4, 0.5) is 10.7 Å². The molecule has 0 unspecified atom stereocenters. The minimum Gasteiger partial charge on any atom is -0.465 e. The van der Waals surface area contributed by atoms with E-state index >= 15 is 0 Å². The average Bonchev–Trinajstić information content (AvgIpc) is 3.28. The van der Waals surface area contributed by atoms with E-state index in [4.69, 9.17) is 9.47 Å². The zero-order valence-electron chi connectivity index (χ0n) is 15.7. The largest absolute Gasteiger partial charge is 0.465 e. The quantitative estimate of drug-likeness (QED) is 0.432. The van der Waals surface area contributed by atoms with Crippen molar-refractivity contribution < 1.29 is 33.9 Å². The second kappa shape index (κ2) is 8.41. The van der Waals surface area contributed by atoms with Gasteiger partial charge in [0.25, 0.3) is 5.91 Å². The Bertz CT molecular complexity index is 957. The molecule has 0 bridgehead atoms. The Labute approximate surface area is 170 Å². The first-order valence-corrected chi connectivity index (χ1v) is 9.49. The Kier molecular flexibility index (Phi) is 5.95. The Hall–Kier alpha value is -3.24. The number of carbonyl (C=O) groups excluding carboxylic acids is 4. The Morgan fingerprint density at radius 1 is 1.24 bits per heavy atom. The number of rotatable bonds is 6. The predicted octanol–water partition coefficient (Wildman–Crippen LogP) is 2.24. The maximum absolute atomic E-state index is 12.9. The van der Waals surface area contributed by atoms with Crippen LogP contribution < -0.4 is 9.96 Å². The second-order valence-corrected chi connectivity index (χ2v) is 7.04. The van der Waals surface area contributed by atoms with Gasteiger partial charge in [0.15, 0.2) is 0 Å². The molecule has 3 rings (SSSR count). The number of hydrogen-bond acceptors (Lipinski definition) is 9. The summed E-state index contributed by atoms with van der Waals surface area (Å²) in [4.78, 5) is 50.6. The van der Waals surface area contributed by atoms with E-state index in [2.05, 4.69) is 0 Å². The molecule has 1 saturated heterocycles. The van der Waals surface area contributed by atoms with Crippen LogP contribution in [-0.4, -0.2) is 48.7 Å². The number of imide groups is 1. The molecule has 10 heteroatoms. The van der Waals surface area contributed by atoms with Crippen LogP contribution in [0.3, 0.4) is 0 Å². The van der Waals surface area contributed by atoms with Crippen LogP contribution in [0.5, 0.6) is 0 Å². The Balaban J connectivity index is 1.97. The number of carbonyl (C=O) groups is 4. The van der Waals surface area contributed by atoms with Crippen LogP contribution in [0.2, 0.25) is 0 Å². The van der Waals surface area contributed by atoms with Crippen molar-refractivity contribution in [1.29, 1.82) is 0 Å². The molecule has 2 heterocycles. The summed E-state index contributed by atoms with van der Waals surface area (Å²) in [6, 6.07) is 8.34. The number of nitrogens with zero attached hydrogens (tertiary/aromatic N) is 2. The van der Waals surface area contributed by atoms with Crippen molar-refractivity contribution in [3.05, 3.63) is 46.8 Å². The zero-order valence-corrected chi connectivity index (χ0v) is 16.5. The summed E-state index contributed by atoms with van der Waals surface area (Å²) in [7, 11) is 1.15. The van der Waals surface area contributed by atoms with Gasteiger partial charge in [-0.25, -0.2) is 19.6 Å². The number of hydrogen-bond donors (Lipinski definition) is 1. The fraction of sp³-hybridized carbons (Fsp3) is 0.263. The third kappa shape index (κ3) is 3.84. The Morgan fingerprint density at radius 3 is 2.55 bits per heavy atom. The highest BCUT2D eigenvalue weighted by molar-refractivity contribution is 7.18. The normalized spacial score (nSPS) is 16.1. The van der Waals surface area contributed by atoms with Gasteiger partial charge in [-0.15, -0.1) is 11.3 Å². The smallest absolute Gasteiger partial charge is 0.348 e. The van der Waals surface area contributed by atoms with Gasteiger partial charge >= 0.3 is 11.9 Å². The first-order valence-electron chi connectivity index (χ1n) is 8.68. The van der Waals surface area contributed by atoms with Gasteiger partial charge in [-0.1, -0.05) is 18.2 Å². The maximum atomic E-state index is 12.9. The minimum atomic E-state index is -1.16. The fourth-order valence-electron chi connectivity index (χ4n) is 2.89. The molecule has 1 aromatic heterocycles. The lowest BCUT2D eigenvalue weighted by atomic mass is 10.2. The maximum Gasteiger partial charge on any atom is 0.348 e. The number of hydroxylamine groups is 1. The molecule has 1 aromatic carbocycles. The number of para-hydroxylation sites is 1. The molecule has 1 aliphatic heterocycles. The van der Waals surface area contributed by atoms with E-state index in [1.54, 1.807) is 37.3 Å². The molecule has 0 spiro atoms. The van der Waals surface area contributed by atoms with Crippen molar-refractivity contribution in [2.75, 3.05) is 23.7 Å². The van der Waals surface area contributed by atoms with Crippen molar-refractivity contribution in [2.24, 2.45) is 0 Å². The fourth-order valence-corrected chi connectivity index (χ4v) is 3.95. The van der Waals surface area contributed by atoms with Crippen LogP contribution in [0.15, 0.2) is 36.4 Å². The van der Waals surface area contributed by atoms with Crippen LogP contribution in [0.1, 0.15) is 33.4 Å². The van der Waals surface area contributed by atoms with Crippen molar-refractivity contribution in [1.82, 2.24) is 0 Å². The molecule has 29 heavy (non-hydrogen) atoms. The molecule has 1 N–H and O–H groups in total. The molecule has 1 fully saturated rings. The number of methoxy groups -OCH3 is 1. The molecule has 0 radical (unpaired) electrons. The van der Waals surface area contributed by atoms with E-state index < -0.39 is 29.8 Å². The van der Waals surface area contributed by atoms with Gasteiger partial charge in [0.05, 0.1) is 31.4 Å². The van der Waals surface area contributed by atoms with Gasteiger partial charge < -0.3 is 9.47 Å². The molecule has 0 saturated carbocycles. The highest BCUT2D eigenvalue weighted by atomic mass is 32.1. The van der Waals surface area contributed by atoms with Gasteiger partial charge in [0, 0.05) is 0 Å². The van der Waals surface area contributed by atoms with Crippen LogP contribution in [0.25, 0.3) is 0 Å². The molecular weight excluding hydrogens is 400 g/mol. The first kappa shape index (κ1) is 20.5. The monoisotopic (exact) mass is 418 g/mol. The number of esters is 2. The average molecular weight is 418 g/mol. The van der Waals surface area contributed by atoms with Crippen LogP contribution in [0, 0.1) is 0 Å². The van der Waals surface area contributed by atoms with Gasteiger partial charge in [-0.2, -0.15) is 0 Å². The summed E-state index contributed by atoms with van der Waals surface area (Å²) in [5.74, 6) is -2.82. The van der Waals surface area contributed by atoms with Crippen molar-refractivity contribution in [3.63, 3.8) is 0 Å². The highest BCUT2D eigenvalue weighted by Gasteiger charge is 2.45. The van der Waals surface area contributed by atoms with Crippen molar-refractivity contribution in [3.8, 4) is 0 Å². The van der Waals surface area contributed by atoms with E-state index in [-0.39, 0.29) is 28.5 Å². The predicted molar refractivity (Wildman–Crippen MR) is 103 cm³/mol. The van der Waals surface area contributed by atoms with E-state index in [1.165, 1.54) is 6.07 Å². The third-order valence-corrected chi connectivity index (χ3v) is 5.34. The summed E-state index contributed by atoms with van der Waals surface area (Å²) in [5.41, 5.74) is 0.235. The lowest BCUT2D eigenvalue weighted by molar-refractivity contribution is -0.121. The van der Waals surface area contributed by atoms with E-state index in [0.717, 1.165) is 28.4 Å². The minimum absolute atomic E-state index is 0.0427. The molecule has 1 atom stereocenters. The zero-order chi connectivity index (χ0) is 21.1. The van der Waals surface area contributed by atoms with Gasteiger partial charge in [0.2, 0.25) is 5.91 Å². The molecule has 152 valence electrons. The third-order valence-electron chi connectivity index (χ3n) is 4.24. The Morgan fingerprint density at radius 2 is 1.93 bits per heavy atom. The van der Waals surface area contributed by atoms with E-state index in [0.29, 0.717) is 5.69 Å². The topological polar surface area (TPSA) is 113 Å². The summed E-state index contributed by atoms with van der Waals surface area (Å²) >= 11 is 0.774. The summed E-state index contributed by atoms with van der Waals surface area (Å²) < 4.78 is 9.64. The summed E-state index contributed by atoms with van der Waals surface area (Å²) in [6.45, 7) is 1.75. The van der Waals surface area contributed by atoms with Gasteiger partial charge in [-0.05, 0) is 25.1 Å². The molecule has 0 aliphatic carbocycles. The van der Waals surface area contributed by atoms with Crippen molar-refractivity contribution in [2.45, 2.75) is 19.4 Å². The SMILES string of the molecule is CCOC(=O)c1cc(C(=O)OC)c(N2C(=O)C[C@@H](N(O)c3ccccc3)C2=O)s1. The lowest BCUT2D eigenvalue weighted by Gasteiger charge is -2.22. The van der Waals surface area contributed by atoms with E-state index in [1.807, 2.05) is 0 Å². The molecule has 1 aliphatic rings. The number of anilines is 2. The second-order valence-electron chi connectivity index (χ2n) is 6.01. The standard InChI is InChI=1S/C19H18N2O7S/c1-3-28-19(25)14-9-12(18(24)27-2)17(29-14)20-15(22)10-13(16(20)23)21(26)11-7-5-4-6-8-11/h4-9,13,26H,3,10H2,1-2H3/t13-/m1/s1. The van der Waals surface area contributed by atoms with Crippen LogP contribution >= 0.6 is 11.3 Å². The molecule has 2 amide bonds. The van der Waals surface area contributed by atoms with E-state index in [9.17, 15) is 24.4 Å². The molecular formula is C19H18N2O7S. The highest BCUT2D eigenvalue weighted by Crippen LogP contribution is 2.37. The van der Waals surface area contributed by atoms with Gasteiger partial charge in [-0.3, -0.25) is 14.8 Å². The van der Waals surface area contributed by atoms with Crippen molar-refractivity contribution >= 4 is 45.8 Å². The number of ether oxygens (including phenoxy) is 2.